The second-order valence-electron chi connectivity index (χ2n) is 4.22. The number of carbonyl (C=O) groups excluding carboxylic acids is 1. The van der Waals surface area contributed by atoms with Gasteiger partial charge in [-0.25, -0.2) is 4.68 Å². The van der Waals surface area contributed by atoms with E-state index in [9.17, 15) is 4.79 Å². The van der Waals surface area contributed by atoms with E-state index in [-0.39, 0.29) is 12.1 Å². The Hall–Kier alpha value is -1.56. The maximum atomic E-state index is 11.3. The first-order valence-electron chi connectivity index (χ1n) is 5.24. The van der Waals surface area contributed by atoms with Crippen molar-refractivity contribution in [2.24, 2.45) is 18.5 Å². The standard InChI is InChI=1S/C10H16N4O2/c1-5-8(9(12)15)10(14(2)13-5)16-7-3-6(11)4-7/h6-7H,3-4,11H2,1-2H3,(H2,12,15). The van der Waals surface area contributed by atoms with Crippen LogP contribution in [0, 0.1) is 6.92 Å². The summed E-state index contributed by atoms with van der Waals surface area (Å²) in [4.78, 5) is 11.3. The summed E-state index contributed by atoms with van der Waals surface area (Å²) in [5, 5.41) is 4.12. The highest BCUT2D eigenvalue weighted by molar-refractivity contribution is 5.96. The van der Waals surface area contributed by atoms with Gasteiger partial charge >= 0.3 is 0 Å². The minimum absolute atomic E-state index is 0.0721. The van der Waals surface area contributed by atoms with Crippen molar-refractivity contribution in [3.8, 4) is 5.88 Å². The van der Waals surface area contributed by atoms with Crippen LogP contribution in [0.25, 0.3) is 0 Å². The molecule has 1 heterocycles. The maximum absolute atomic E-state index is 11.3. The lowest BCUT2D eigenvalue weighted by Crippen LogP contribution is -2.43. The second-order valence-corrected chi connectivity index (χ2v) is 4.22. The topological polar surface area (TPSA) is 96.2 Å². The first-order chi connectivity index (χ1) is 7.49. The SMILES string of the molecule is Cc1nn(C)c(OC2CC(N)C2)c1C(N)=O. The number of aromatic nitrogens is 2. The Labute approximate surface area is 93.5 Å². The van der Waals surface area contributed by atoms with E-state index in [0.29, 0.717) is 17.1 Å². The fourth-order valence-electron chi connectivity index (χ4n) is 1.92. The normalized spacial score (nSPS) is 23.9. The van der Waals surface area contributed by atoms with Crippen molar-refractivity contribution < 1.29 is 9.53 Å². The zero-order chi connectivity index (χ0) is 11.9. The number of carbonyl (C=O) groups is 1. The van der Waals surface area contributed by atoms with Crippen LogP contribution >= 0.6 is 0 Å². The van der Waals surface area contributed by atoms with Gasteiger partial charge in [-0.05, 0) is 19.8 Å². The number of rotatable bonds is 3. The molecule has 1 amide bonds. The van der Waals surface area contributed by atoms with Gasteiger partial charge in [0.25, 0.3) is 5.91 Å². The highest BCUT2D eigenvalue weighted by Crippen LogP contribution is 2.28. The van der Waals surface area contributed by atoms with Crippen molar-refractivity contribution in [2.75, 3.05) is 0 Å². The van der Waals surface area contributed by atoms with Gasteiger partial charge in [0.15, 0.2) is 0 Å². The van der Waals surface area contributed by atoms with Crippen molar-refractivity contribution in [1.29, 1.82) is 0 Å². The van der Waals surface area contributed by atoms with Crippen LogP contribution < -0.4 is 16.2 Å². The summed E-state index contributed by atoms with van der Waals surface area (Å²) in [5.74, 6) is -0.0638. The number of hydrogen-bond donors (Lipinski definition) is 2. The van der Waals surface area contributed by atoms with E-state index in [2.05, 4.69) is 5.10 Å². The van der Waals surface area contributed by atoms with Crippen molar-refractivity contribution in [2.45, 2.75) is 31.9 Å². The van der Waals surface area contributed by atoms with E-state index in [1.165, 1.54) is 0 Å². The van der Waals surface area contributed by atoms with Gasteiger partial charge in [-0.3, -0.25) is 4.79 Å². The molecule has 1 saturated carbocycles. The van der Waals surface area contributed by atoms with Crippen LogP contribution in [0.2, 0.25) is 0 Å². The number of ether oxygens (including phenoxy) is 1. The van der Waals surface area contributed by atoms with E-state index in [1.54, 1.807) is 18.7 Å². The quantitative estimate of drug-likeness (QED) is 0.736. The molecule has 1 aromatic heterocycles. The highest BCUT2D eigenvalue weighted by Gasteiger charge is 2.30. The molecule has 6 nitrogen and oxygen atoms in total. The Kier molecular flexibility index (Phi) is 2.59. The summed E-state index contributed by atoms with van der Waals surface area (Å²) in [7, 11) is 1.73. The zero-order valence-electron chi connectivity index (χ0n) is 9.43. The lowest BCUT2D eigenvalue weighted by atomic mass is 9.90. The summed E-state index contributed by atoms with van der Waals surface area (Å²) in [6.07, 6.45) is 1.69. The van der Waals surface area contributed by atoms with E-state index in [0.717, 1.165) is 12.8 Å². The van der Waals surface area contributed by atoms with Crippen molar-refractivity contribution >= 4 is 5.91 Å². The molecule has 0 bridgehead atoms. The van der Waals surface area contributed by atoms with Crippen LogP contribution in [0.5, 0.6) is 5.88 Å². The first-order valence-corrected chi connectivity index (χ1v) is 5.24. The average molecular weight is 224 g/mol. The summed E-state index contributed by atoms with van der Waals surface area (Å²) in [6.45, 7) is 1.74. The molecular weight excluding hydrogens is 208 g/mol. The molecule has 1 aliphatic rings. The summed E-state index contributed by atoms with van der Waals surface area (Å²) in [6, 6.07) is 0.205. The number of hydrogen-bond acceptors (Lipinski definition) is 4. The minimum Gasteiger partial charge on any atom is -0.474 e. The van der Waals surface area contributed by atoms with Gasteiger partial charge in [-0.1, -0.05) is 0 Å². The summed E-state index contributed by atoms with van der Waals surface area (Å²) in [5.41, 5.74) is 11.9. The van der Waals surface area contributed by atoms with Gasteiger partial charge in [-0.15, -0.1) is 0 Å². The number of amides is 1. The molecule has 0 spiro atoms. The first kappa shape index (κ1) is 10.9. The highest BCUT2D eigenvalue weighted by atomic mass is 16.5. The molecule has 16 heavy (non-hydrogen) atoms. The largest absolute Gasteiger partial charge is 0.474 e. The third kappa shape index (κ3) is 1.76. The van der Waals surface area contributed by atoms with Crippen LogP contribution in [0.15, 0.2) is 0 Å². The van der Waals surface area contributed by atoms with Gasteiger partial charge in [0, 0.05) is 13.1 Å². The molecule has 4 N–H and O–H groups in total. The minimum atomic E-state index is -0.510. The van der Waals surface area contributed by atoms with Gasteiger partial charge in [-0.2, -0.15) is 5.10 Å². The molecule has 88 valence electrons. The fourth-order valence-corrected chi connectivity index (χ4v) is 1.92. The molecule has 0 saturated heterocycles. The molecule has 0 atom stereocenters. The molecule has 0 radical (unpaired) electrons. The number of aryl methyl sites for hydroxylation is 2. The molecule has 6 heteroatoms. The smallest absolute Gasteiger partial charge is 0.256 e. The second kappa shape index (κ2) is 3.79. The van der Waals surface area contributed by atoms with Crippen LogP contribution in [-0.2, 0) is 7.05 Å². The number of primary amides is 1. The van der Waals surface area contributed by atoms with Crippen molar-refractivity contribution in [3.05, 3.63) is 11.3 Å². The molecular formula is C10H16N4O2. The Bertz CT molecular complexity index is 421. The Morgan fingerprint density at radius 3 is 2.69 bits per heavy atom. The molecule has 1 fully saturated rings. The van der Waals surface area contributed by atoms with Crippen LogP contribution in [0.1, 0.15) is 28.9 Å². The van der Waals surface area contributed by atoms with Crippen LogP contribution in [-0.4, -0.2) is 27.8 Å². The monoisotopic (exact) mass is 224 g/mol. The average Bonchev–Trinajstić information content (AvgIpc) is 2.39. The third-order valence-electron chi connectivity index (χ3n) is 2.83. The number of nitrogens with zero attached hydrogens (tertiary/aromatic N) is 2. The molecule has 0 unspecified atom stereocenters. The molecule has 2 rings (SSSR count). The Morgan fingerprint density at radius 2 is 2.19 bits per heavy atom. The third-order valence-corrected chi connectivity index (χ3v) is 2.83. The lowest BCUT2D eigenvalue weighted by Gasteiger charge is -2.32. The lowest BCUT2D eigenvalue weighted by molar-refractivity contribution is 0.0865. The van der Waals surface area contributed by atoms with E-state index >= 15 is 0 Å². The van der Waals surface area contributed by atoms with Crippen LogP contribution in [0.4, 0.5) is 0 Å². The summed E-state index contributed by atoms with van der Waals surface area (Å²) >= 11 is 0. The Morgan fingerprint density at radius 1 is 1.56 bits per heavy atom. The van der Waals surface area contributed by atoms with Gasteiger partial charge < -0.3 is 16.2 Å². The van der Waals surface area contributed by atoms with E-state index in [1.807, 2.05) is 0 Å². The van der Waals surface area contributed by atoms with E-state index < -0.39 is 5.91 Å². The predicted octanol–water partition coefficient (Wildman–Crippen LogP) is -0.304. The van der Waals surface area contributed by atoms with Gasteiger partial charge in [0.1, 0.15) is 11.7 Å². The maximum Gasteiger partial charge on any atom is 0.256 e. The predicted molar refractivity (Wildman–Crippen MR) is 58.1 cm³/mol. The molecule has 0 aliphatic heterocycles. The molecule has 0 aromatic carbocycles. The zero-order valence-corrected chi connectivity index (χ0v) is 9.43. The van der Waals surface area contributed by atoms with Gasteiger partial charge in [0.05, 0.1) is 5.69 Å². The van der Waals surface area contributed by atoms with E-state index in [4.69, 9.17) is 16.2 Å². The molecule has 1 aliphatic carbocycles. The van der Waals surface area contributed by atoms with Crippen molar-refractivity contribution in [1.82, 2.24) is 9.78 Å². The van der Waals surface area contributed by atoms with Crippen molar-refractivity contribution in [3.63, 3.8) is 0 Å². The van der Waals surface area contributed by atoms with Crippen LogP contribution in [0.3, 0.4) is 0 Å². The van der Waals surface area contributed by atoms with Gasteiger partial charge in [0.2, 0.25) is 5.88 Å². The summed E-state index contributed by atoms with van der Waals surface area (Å²) < 4.78 is 7.23. The number of nitrogens with two attached hydrogens (primary N) is 2. The Balaban J connectivity index is 2.22. The fraction of sp³-hybridized carbons (Fsp3) is 0.600. The molecule has 1 aromatic rings.